The molecule has 2 N–H and O–H groups in total. The normalized spacial score (nSPS) is 16.3. The summed E-state index contributed by atoms with van der Waals surface area (Å²) in [5, 5.41) is 12.6. The van der Waals surface area contributed by atoms with Gasteiger partial charge < -0.3 is 15.2 Å². The van der Waals surface area contributed by atoms with E-state index < -0.39 is 12.6 Å². The molecule has 3 rings (SSSR count). The highest BCUT2D eigenvalue weighted by Gasteiger charge is 2.24. The van der Waals surface area contributed by atoms with Gasteiger partial charge in [-0.3, -0.25) is 4.79 Å². The molecule has 2 aromatic carbocycles. The molecule has 1 aliphatic rings. The number of amides is 1. The number of carbonyl (C=O) groups excluding carboxylic acids is 1. The first-order valence-electron chi connectivity index (χ1n) is 7.82. The van der Waals surface area contributed by atoms with E-state index in [-0.39, 0.29) is 16.7 Å². The van der Waals surface area contributed by atoms with Crippen LogP contribution in [0, 0.1) is 0 Å². The number of amidine groups is 1. The van der Waals surface area contributed by atoms with E-state index in [1.807, 2.05) is 0 Å². The number of aliphatic imine (C=N–C) groups is 1. The Bertz CT molecular complexity index is 1050. The van der Waals surface area contributed by atoms with Crippen LogP contribution in [0.25, 0.3) is 6.08 Å². The molecule has 0 radical (unpaired) electrons. The van der Waals surface area contributed by atoms with Crippen molar-refractivity contribution in [3.63, 3.8) is 0 Å². The zero-order chi connectivity index (χ0) is 21.1. The zero-order valence-corrected chi connectivity index (χ0v) is 18.9. The van der Waals surface area contributed by atoms with Crippen LogP contribution >= 0.6 is 62.5 Å². The van der Waals surface area contributed by atoms with Crippen molar-refractivity contribution in [3.8, 4) is 5.75 Å². The minimum Gasteiger partial charge on any atom is -0.479 e. The van der Waals surface area contributed by atoms with E-state index in [0.717, 1.165) is 11.8 Å². The molecule has 0 bridgehead atoms. The molecule has 11 heteroatoms. The number of rotatable bonds is 5. The minimum absolute atomic E-state index is 0.204. The van der Waals surface area contributed by atoms with Gasteiger partial charge >= 0.3 is 5.97 Å². The number of hydrogen-bond acceptors (Lipinski definition) is 5. The van der Waals surface area contributed by atoms with Gasteiger partial charge in [-0.1, -0.05) is 40.9 Å². The second kappa shape index (κ2) is 9.40. The molecule has 1 heterocycles. The summed E-state index contributed by atoms with van der Waals surface area (Å²) in [6.45, 7) is -0.525. The van der Waals surface area contributed by atoms with Crippen molar-refractivity contribution in [3.05, 3.63) is 60.3 Å². The fourth-order valence-corrected chi connectivity index (χ4v) is 4.42. The number of thioether (sulfide) groups is 1. The summed E-state index contributed by atoms with van der Waals surface area (Å²) in [5.41, 5.74) is 1.05. The maximum absolute atomic E-state index is 12.3. The maximum atomic E-state index is 12.3. The van der Waals surface area contributed by atoms with Gasteiger partial charge in [0.15, 0.2) is 17.5 Å². The van der Waals surface area contributed by atoms with E-state index in [4.69, 9.17) is 44.6 Å². The Morgan fingerprint density at radius 2 is 2.03 bits per heavy atom. The average molecular weight is 537 g/mol. The van der Waals surface area contributed by atoms with Gasteiger partial charge in [0.25, 0.3) is 5.91 Å². The SMILES string of the molecule is O=C(O)COc1c(Cl)cc(/C=C2\SC(=Nc3cccc(Cl)c3Cl)NC2=O)cc1Br. The topological polar surface area (TPSA) is 88.0 Å². The molecule has 1 saturated heterocycles. The van der Waals surface area contributed by atoms with Gasteiger partial charge in [0.2, 0.25) is 0 Å². The first kappa shape index (κ1) is 22.0. The summed E-state index contributed by atoms with van der Waals surface area (Å²) >= 11 is 22.7. The third-order valence-corrected chi connectivity index (χ3v) is 6.05. The number of ether oxygens (including phenoxy) is 1. The van der Waals surface area contributed by atoms with Crippen molar-refractivity contribution in [1.29, 1.82) is 0 Å². The van der Waals surface area contributed by atoms with Crippen molar-refractivity contribution in [2.45, 2.75) is 0 Å². The summed E-state index contributed by atoms with van der Waals surface area (Å²) in [4.78, 5) is 27.7. The smallest absolute Gasteiger partial charge is 0.341 e. The van der Waals surface area contributed by atoms with E-state index in [9.17, 15) is 9.59 Å². The van der Waals surface area contributed by atoms with Gasteiger partial charge in [-0.05, 0) is 63.6 Å². The molecule has 1 aliphatic heterocycles. The van der Waals surface area contributed by atoms with Crippen LogP contribution in [0.3, 0.4) is 0 Å². The van der Waals surface area contributed by atoms with Crippen LogP contribution in [-0.4, -0.2) is 28.8 Å². The summed E-state index contributed by atoms with van der Waals surface area (Å²) in [7, 11) is 0. The minimum atomic E-state index is -1.12. The van der Waals surface area contributed by atoms with Crippen molar-refractivity contribution in [2.24, 2.45) is 4.99 Å². The lowest BCUT2D eigenvalue weighted by molar-refractivity contribution is -0.139. The summed E-state index contributed by atoms with van der Waals surface area (Å²) < 4.78 is 5.61. The lowest BCUT2D eigenvalue weighted by Crippen LogP contribution is -2.19. The summed E-state index contributed by atoms with van der Waals surface area (Å²) in [6, 6.07) is 8.26. The highest BCUT2D eigenvalue weighted by Crippen LogP contribution is 2.37. The van der Waals surface area contributed by atoms with Crippen LogP contribution in [0.2, 0.25) is 15.1 Å². The van der Waals surface area contributed by atoms with Crippen LogP contribution in [-0.2, 0) is 9.59 Å². The number of carboxylic acids is 1. The molecule has 1 amide bonds. The molecule has 0 unspecified atom stereocenters. The van der Waals surface area contributed by atoms with E-state index in [1.165, 1.54) is 0 Å². The van der Waals surface area contributed by atoms with Gasteiger partial charge in [0.1, 0.15) is 0 Å². The molecule has 29 heavy (non-hydrogen) atoms. The Labute approximate surface area is 193 Å². The Morgan fingerprint density at radius 1 is 1.28 bits per heavy atom. The highest BCUT2D eigenvalue weighted by atomic mass is 79.9. The molecule has 2 aromatic rings. The predicted octanol–water partition coefficient (Wildman–Crippen LogP) is 5.76. The van der Waals surface area contributed by atoms with Gasteiger partial charge in [-0.25, -0.2) is 9.79 Å². The van der Waals surface area contributed by atoms with Gasteiger partial charge in [-0.2, -0.15) is 0 Å². The standard InChI is InChI=1S/C18H10BrCl3N2O4S/c19-9-4-8(5-11(21)16(9)28-7-14(25)26)6-13-17(27)24-18(29-13)23-12-3-1-2-10(20)15(12)22/h1-6H,7H2,(H,25,26)(H,23,24,27)/b13-6-. The summed E-state index contributed by atoms with van der Waals surface area (Å²) in [6.07, 6.45) is 1.62. The number of aliphatic carboxylic acids is 1. The molecule has 1 fully saturated rings. The van der Waals surface area contributed by atoms with Crippen molar-refractivity contribution >= 4 is 91.3 Å². The van der Waals surface area contributed by atoms with Crippen LogP contribution in [0.1, 0.15) is 5.56 Å². The van der Waals surface area contributed by atoms with Gasteiger partial charge in [0, 0.05) is 0 Å². The quantitative estimate of drug-likeness (QED) is 0.474. The number of nitrogens with one attached hydrogen (secondary N) is 1. The molecule has 6 nitrogen and oxygen atoms in total. The van der Waals surface area contributed by atoms with Crippen LogP contribution in [0.15, 0.2) is 44.7 Å². The molecule has 0 aliphatic carbocycles. The van der Waals surface area contributed by atoms with E-state index in [2.05, 4.69) is 26.2 Å². The van der Waals surface area contributed by atoms with Gasteiger partial charge in [0.05, 0.1) is 30.1 Å². The molecular formula is C18H10BrCl3N2O4S. The van der Waals surface area contributed by atoms with E-state index >= 15 is 0 Å². The lowest BCUT2D eigenvalue weighted by atomic mass is 10.2. The molecular weight excluding hydrogens is 527 g/mol. The van der Waals surface area contributed by atoms with Crippen LogP contribution < -0.4 is 10.1 Å². The van der Waals surface area contributed by atoms with Crippen molar-refractivity contribution in [1.82, 2.24) is 5.32 Å². The van der Waals surface area contributed by atoms with E-state index in [0.29, 0.717) is 35.8 Å². The zero-order valence-electron chi connectivity index (χ0n) is 14.2. The predicted molar refractivity (Wildman–Crippen MR) is 120 cm³/mol. The van der Waals surface area contributed by atoms with Crippen molar-refractivity contribution in [2.75, 3.05) is 6.61 Å². The Morgan fingerprint density at radius 3 is 2.72 bits per heavy atom. The average Bonchev–Trinajstić information content (AvgIpc) is 2.97. The van der Waals surface area contributed by atoms with Crippen LogP contribution in [0.4, 0.5) is 5.69 Å². The first-order chi connectivity index (χ1) is 13.7. The number of benzene rings is 2. The Hall–Kier alpha value is -1.71. The third kappa shape index (κ3) is 5.46. The fraction of sp³-hybridized carbons (Fsp3) is 0.0556. The second-order valence-corrected chi connectivity index (χ2v) is 8.63. The van der Waals surface area contributed by atoms with Crippen molar-refractivity contribution < 1.29 is 19.4 Å². The van der Waals surface area contributed by atoms with Gasteiger partial charge in [-0.15, -0.1) is 0 Å². The Kier molecular flexibility index (Phi) is 7.13. The maximum Gasteiger partial charge on any atom is 0.341 e. The largest absolute Gasteiger partial charge is 0.479 e. The number of halogens is 4. The monoisotopic (exact) mass is 534 g/mol. The number of carbonyl (C=O) groups is 2. The summed E-state index contributed by atoms with van der Waals surface area (Å²) in [5.74, 6) is -1.24. The number of nitrogens with zero attached hydrogens (tertiary/aromatic N) is 1. The van der Waals surface area contributed by atoms with Crippen LogP contribution in [0.5, 0.6) is 5.75 Å². The lowest BCUT2D eigenvalue weighted by Gasteiger charge is -2.09. The van der Waals surface area contributed by atoms with E-state index in [1.54, 1.807) is 36.4 Å². The fourth-order valence-electron chi connectivity index (χ4n) is 2.25. The second-order valence-electron chi connectivity index (χ2n) is 5.55. The number of hydrogen-bond donors (Lipinski definition) is 2. The molecule has 0 aromatic heterocycles. The first-order valence-corrected chi connectivity index (χ1v) is 10.6. The molecule has 0 saturated carbocycles. The molecule has 0 atom stereocenters. The number of carboxylic acid groups (broad SMARTS) is 1. The third-order valence-electron chi connectivity index (χ3n) is 3.46. The highest BCUT2D eigenvalue weighted by molar-refractivity contribution is 9.10. The molecule has 0 spiro atoms. The molecule has 150 valence electrons. The Balaban J connectivity index is 1.84.